The van der Waals surface area contributed by atoms with Gasteiger partial charge in [-0.05, 0) is 12.1 Å². The minimum atomic E-state index is -0.0394. The van der Waals surface area contributed by atoms with Crippen molar-refractivity contribution >= 4 is 46.6 Å². The number of aldehydes is 1. The maximum atomic E-state index is 12.3. The summed E-state index contributed by atoms with van der Waals surface area (Å²) in [5, 5.41) is 3.57. The van der Waals surface area contributed by atoms with Crippen LogP contribution in [0, 0.1) is 0 Å². The van der Waals surface area contributed by atoms with Gasteiger partial charge in [0, 0.05) is 22.1 Å². The second-order valence-electron chi connectivity index (χ2n) is 5.10. The molecule has 0 N–H and O–H groups in total. The van der Waals surface area contributed by atoms with Gasteiger partial charge in [0.15, 0.2) is 5.78 Å². The van der Waals surface area contributed by atoms with Crippen molar-refractivity contribution in [3.63, 3.8) is 0 Å². The fraction of sp³-hybridized carbons (Fsp3) is 0.0556. The van der Waals surface area contributed by atoms with Gasteiger partial charge in [0.2, 0.25) is 0 Å². The van der Waals surface area contributed by atoms with Crippen molar-refractivity contribution in [1.82, 2.24) is 4.98 Å². The van der Waals surface area contributed by atoms with Crippen LogP contribution in [0.3, 0.4) is 0 Å². The van der Waals surface area contributed by atoms with Gasteiger partial charge in [0.25, 0.3) is 0 Å². The maximum absolute atomic E-state index is 12.3. The summed E-state index contributed by atoms with van der Waals surface area (Å²) in [5.74, 6) is -0.0394. The lowest BCUT2D eigenvalue weighted by Gasteiger charge is -2.00. The van der Waals surface area contributed by atoms with E-state index in [9.17, 15) is 9.59 Å². The van der Waals surface area contributed by atoms with Gasteiger partial charge >= 0.3 is 0 Å². The first-order valence-electron chi connectivity index (χ1n) is 7.05. The minimum Gasteiger partial charge on any atom is -0.298 e. The molecule has 0 spiro atoms. The lowest BCUT2D eigenvalue weighted by Crippen LogP contribution is -2.03. The largest absolute Gasteiger partial charge is 0.298 e. The van der Waals surface area contributed by atoms with Gasteiger partial charge in [-0.15, -0.1) is 11.3 Å². The van der Waals surface area contributed by atoms with E-state index >= 15 is 0 Å². The standard InChI is InChI=1S/C18H11Cl2NO2S/c19-14-6-5-13(7-15(14)20)16-10-24-18(21-16)8-17(23)12-3-1-11(9-22)2-4-12/h1-7,9-10H,8H2. The second kappa shape index (κ2) is 7.26. The summed E-state index contributed by atoms with van der Waals surface area (Å²) in [4.78, 5) is 27.4. The molecule has 0 aliphatic heterocycles. The zero-order chi connectivity index (χ0) is 17.1. The van der Waals surface area contributed by atoms with E-state index in [0.29, 0.717) is 21.2 Å². The molecule has 0 aliphatic rings. The van der Waals surface area contributed by atoms with Crippen molar-refractivity contribution in [3.05, 3.63) is 74.0 Å². The van der Waals surface area contributed by atoms with Crippen LogP contribution in [0.1, 0.15) is 25.7 Å². The summed E-state index contributed by atoms with van der Waals surface area (Å²) in [6, 6.07) is 11.9. The van der Waals surface area contributed by atoms with Gasteiger partial charge in [-0.3, -0.25) is 9.59 Å². The molecule has 1 heterocycles. The number of rotatable bonds is 5. The van der Waals surface area contributed by atoms with E-state index in [1.807, 2.05) is 11.4 Å². The van der Waals surface area contributed by atoms with Crippen LogP contribution in [-0.2, 0) is 6.42 Å². The monoisotopic (exact) mass is 375 g/mol. The molecule has 3 aromatic rings. The second-order valence-corrected chi connectivity index (χ2v) is 6.85. The van der Waals surface area contributed by atoms with Crippen LogP contribution in [0.15, 0.2) is 47.8 Å². The first kappa shape index (κ1) is 16.8. The van der Waals surface area contributed by atoms with Crippen molar-refractivity contribution in [2.24, 2.45) is 0 Å². The molecule has 0 amide bonds. The smallest absolute Gasteiger partial charge is 0.169 e. The average molecular weight is 376 g/mol. The summed E-state index contributed by atoms with van der Waals surface area (Å²) in [6.07, 6.45) is 0.963. The van der Waals surface area contributed by atoms with E-state index in [1.54, 1.807) is 36.4 Å². The number of ketones is 1. The molecular formula is C18H11Cl2NO2S. The molecule has 0 aliphatic carbocycles. The molecule has 0 saturated heterocycles. The number of carbonyl (C=O) groups is 2. The SMILES string of the molecule is O=Cc1ccc(C(=O)Cc2nc(-c3ccc(Cl)c(Cl)c3)cs2)cc1. The van der Waals surface area contributed by atoms with Gasteiger partial charge in [0.1, 0.15) is 11.3 Å². The summed E-state index contributed by atoms with van der Waals surface area (Å²) in [7, 11) is 0. The molecule has 3 rings (SSSR count). The maximum Gasteiger partial charge on any atom is 0.169 e. The van der Waals surface area contributed by atoms with Crippen LogP contribution in [0.4, 0.5) is 0 Å². The molecular weight excluding hydrogens is 365 g/mol. The van der Waals surface area contributed by atoms with Crippen LogP contribution in [-0.4, -0.2) is 17.1 Å². The lowest BCUT2D eigenvalue weighted by molar-refractivity contribution is 0.0992. The van der Waals surface area contributed by atoms with Crippen molar-refractivity contribution in [2.45, 2.75) is 6.42 Å². The number of carbonyl (C=O) groups excluding carboxylic acids is 2. The first-order valence-corrected chi connectivity index (χ1v) is 8.68. The highest BCUT2D eigenvalue weighted by Gasteiger charge is 2.12. The molecule has 0 saturated carbocycles. The Kier molecular flexibility index (Phi) is 5.09. The topological polar surface area (TPSA) is 47.0 Å². The third kappa shape index (κ3) is 3.73. The molecule has 0 bridgehead atoms. The van der Waals surface area contributed by atoms with Crippen LogP contribution >= 0.6 is 34.5 Å². The number of hydrogen-bond acceptors (Lipinski definition) is 4. The highest BCUT2D eigenvalue weighted by Crippen LogP contribution is 2.29. The van der Waals surface area contributed by atoms with Gasteiger partial charge in [-0.2, -0.15) is 0 Å². The Morgan fingerprint density at radius 1 is 1.08 bits per heavy atom. The average Bonchev–Trinajstić information content (AvgIpc) is 3.06. The normalized spacial score (nSPS) is 10.6. The fourth-order valence-corrected chi connectivity index (χ4v) is 3.27. The summed E-state index contributed by atoms with van der Waals surface area (Å²) in [6.45, 7) is 0. The van der Waals surface area contributed by atoms with Crippen LogP contribution in [0.25, 0.3) is 11.3 Å². The van der Waals surface area contributed by atoms with Crippen LogP contribution in [0.5, 0.6) is 0 Å². The number of Topliss-reactive ketones (excluding diaryl/α,β-unsaturated/α-hetero) is 1. The van der Waals surface area contributed by atoms with E-state index in [4.69, 9.17) is 23.2 Å². The molecule has 0 radical (unpaired) electrons. The van der Waals surface area contributed by atoms with E-state index in [1.165, 1.54) is 11.3 Å². The Morgan fingerprint density at radius 2 is 1.83 bits per heavy atom. The van der Waals surface area contributed by atoms with Crippen molar-refractivity contribution < 1.29 is 9.59 Å². The van der Waals surface area contributed by atoms with E-state index in [-0.39, 0.29) is 12.2 Å². The predicted octanol–water partition coefficient (Wildman–Crippen LogP) is 5.35. The molecule has 0 atom stereocenters. The third-order valence-corrected chi connectivity index (χ3v) is 5.04. The molecule has 24 heavy (non-hydrogen) atoms. The van der Waals surface area contributed by atoms with E-state index in [2.05, 4.69) is 4.98 Å². The molecule has 120 valence electrons. The molecule has 3 nitrogen and oxygen atoms in total. The molecule has 1 aromatic heterocycles. The number of nitrogens with zero attached hydrogens (tertiary/aromatic N) is 1. The summed E-state index contributed by atoms with van der Waals surface area (Å²) in [5.41, 5.74) is 2.72. The zero-order valence-corrected chi connectivity index (χ0v) is 14.7. The van der Waals surface area contributed by atoms with Crippen molar-refractivity contribution in [3.8, 4) is 11.3 Å². The molecule has 2 aromatic carbocycles. The predicted molar refractivity (Wildman–Crippen MR) is 97.4 cm³/mol. The Morgan fingerprint density at radius 3 is 2.50 bits per heavy atom. The van der Waals surface area contributed by atoms with Crippen molar-refractivity contribution in [1.29, 1.82) is 0 Å². The quantitative estimate of drug-likeness (QED) is 0.445. The van der Waals surface area contributed by atoms with E-state index in [0.717, 1.165) is 22.6 Å². The van der Waals surface area contributed by atoms with Crippen LogP contribution < -0.4 is 0 Å². The van der Waals surface area contributed by atoms with E-state index < -0.39 is 0 Å². The Hall–Kier alpha value is -2.01. The lowest BCUT2D eigenvalue weighted by atomic mass is 10.1. The zero-order valence-electron chi connectivity index (χ0n) is 12.3. The number of hydrogen-bond donors (Lipinski definition) is 0. The summed E-state index contributed by atoms with van der Waals surface area (Å²) >= 11 is 13.4. The summed E-state index contributed by atoms with van der Waals surface area (Å²) < 4.78 is 0. The Balaban J connectivity index is 1.76. The fourth-order valence-electron chi connectivity index (χ4n) is 2.17. The van der Waals surface area contributed by atoms with Gasteiger partial charge in [-0.1, -0.05) is 53.5 Å². The molecule has 6 heteroatoms. The number of halogens is 2. The Bertz CT molecular complexity index is 904. The van der Waals surface area contributed by atoms with Gasteiger partial charge < -0.3 is 0 Å². The highest BCUT2D eigenvalue weighted by molar-refractivity contribution is 7.10. The molecule has 0 fully saturated rings. The minimum absolute atomic E-state index is 0.0394. The number of benzene rings is 2. The Labute approximate surface area is 152 Å². The van der Waals surface area contributed by atoms with Crippen LogP contribution in [0.2, 0.25) is 10.0 Å². The molecule has 0 unspecified atom stereocenters. The van der Waals surface area contributed by atoms with Gasteiger partial charge in [-0.25, -0.2) is 4.98 Å². The first-order chi connectivity index (χ1) is 11.6. The highest BCUT2D eigenvalue weighted by atomic mass is 35.5. The van der Waals surface area contributed by atoms with Crippen molar-refractivity contribution in [2.75, 3.05) is 0 Å². The number of thiazole rings is 1. The van der Waals surface area contributed by atoms with Gasteiger partial charge in [0.05, 0.1) is 22.2 Å². The number of aromatic nitrogens is 1. The third-order valence-electron chi connectivity index (χ3n) is 3.45.